The van der Waals surface area contributed by atoms with Crippen LogP contribution in [-0.4, -0.2) is 34.1 Å². The molecular weight excluding hydrogens is 455 g/mol. The second-order valence-corrected chi connectivity index (χ2v) is 7.26. The van der Waals surface area contributed by atoms with E-state index in [0.717, 1.165) is 16.8 Å². The fraction of sp³-hybridized carbons (Fsp3) is 0.263. The van der Waals surface area contributed by atoms with Gasteiger partial charge in [-0.1, -0.05) is 6.07 Å². The molecular formula is C19H16F3N3O6S. The number of nitrogens with zero attached hydrogens (tertiary/aromatic N) is 2. The van der Waals surface area contributed by atoms with Gasteiger partial charge in [-0.25, -0.2) is 4.79 Å². The van der Waals surface area contributed by atoms with Crippen molar-refractivity contribution >= 4 is 28.9 Å². The molecule has 1 atom stereocenters. The summed E-state index contributed by atoms with van der Waals surface area (Å²) in [4.78, 5) is 36.6. The van der Waals surface area contributed by atoms with Gasteiger partial charge in [0.15, 0.2) is 6.10 Å². The maximum Gasteiger partial charge on any atom is 0.573 e. The zero-order valence-electron chi connectivity index (χ0n) is 16.4. The first-order valence-corrected chi connectivity index (χ1v) is 9.96. The van der Waals surface area contributed by atoms with E-state index >= 15 is 0 Å². The van der Waals surface area contributed by atoms with Crippen LogP contribution in [0.3, 0.4) is 0 Å². The third kappa shape index (κ3) is 6.44. The first kappa shape index (κ1) is 23.1. The first-order chi connectivity index (χ1) is 15.1. The lowest BCUT2D eigenvalue weighted by molar-refractivity contribution is -0.274. The molecule has 2 heterocycles. The minimum absolute atomic E-state index is 0.110. The predicted octanol–water partition coefficient (Wildman–Crippen LogP) is 3.42. The normalized spacial score (nSPS) is 12.2. The van der Waals surface area contributed by atoms with Crippen molar-refractivity contribution < 1.29 is 36.7 Å². The highest BCUT2D eigenvalue weighted by Crippen LogP contribution is 2.24. The van der Waals surface area contributed by atoms with Crippen LogP contribution in [0.4, 0.5) is 18.9 Å². The van der Waals surface area contributed by atoms with Crippen molar-refractivity contribution in [3.63, 3.8) is 0 Å². The summed E-state index contributed by atoms with van der Waals surface area (Å²) >= 11 is 1.34. The van der Waals surface area contributed by atoms with Crippen molar-refractivity contribution in [1.29, 1.82) is 0 Å². The molecule has 0 aliphatic carbocycles. The van der Waals surface area contributed by atoms with Crippen molar-refractivity contribution in [1.82, 2.24) is 9.78 Å². The summed E-state index contributed by atoms with van der Waals surface area (Å²) < 4.78 is 51.3. The number of amides is 1. The smallest absolute Gasteiger partial charge is 0.452 e. The van der Waals surface area contributed by atoms with Crippen molar-refractivity contribution in [2.24, 2.45) is 0 Å². The largest absolute Gasteiger partial charge is 0.573 e. The van der Waals surface area contributed by atoms with Crippen molar-refractivity contribution in [3.8, 4) is 16.5 Å². The van der Waals surface area contributed by atoms with Crippen LogP contribution in [0, 0.1) is 0 Å². The summed E-state index contributed by atoms with van der Waals surface area (Å²) in [5.41, 5.74) is 0.183. The fourth-order valence-corrected chi connectivity index (χ4v) is 3.08. The third-order valence-corrected chi connectivity index (χ3v) is 4.76. The van der Waals surface area contributed by atoms with Crippen LogP contribution >= 0.6 is 11.3 Å². The molecule has 3 rings (SSSR count). The van der Waals surface area contributed by atoms with Gasteiger partial charge in [-0.15, -0.1) is 29.6 Å². The molecule has 1 unspecified atom stereocenters. The summed E-state index contributed by atoms with van der Waals surface area (Å²) in [6.07, 6.45) is -6.25. The van der Waals surface area contributed by atoms with Gasteiger partial charge in [-0.3, -0.25) is 9.59 Å². The van der Waals surface area contributed by atoms with Crippen LogP contribution in [0.15, 0.2) is 51.0 Å². The topological polar surface area (TPSA) is 113 Å². The monoisotopic (exact) mass is 471 g/mol. The van der Waals surface area contributed by atoms with Gasteiger partial charge in [0, 0.05) is 5.69 Å². The maximum absolute atomic E-state index is 12.2. The molecule has 0 radical (unpaired) electrons. The van der Waals surface area contributed by atoms with Gasteiger partial charge in [0.25, 0.3) is 11.8 Å². The van der Waals surface area contributed by atoms with Gasteiger partial charge < -0.3 is 19.2 Å². The molecule has 0 bridgehead atoms. The van der Waals surface area contributed by atoms with Crippen LogP contribution in [0.25, 0.3) is 10.8 Å². The molecule has 0 fully saturated rings. The molecule has 3 aromatic rings. The summed E-state index contributed by atoms with van der Waals surface area (Å²) in [6.45, 7) is 1.22. The van der Waals surface area contributed by atoms with E-state index in [9.17, 15) is 27.6 Å². The third-order valence-electron chi connectivity index (χ3n) is 3.90. The Morgan fingerprint density at radius 2 is 1.97 bits per heavy atom. The molecule has 0 saturated heterocycles. The van der Waals surface area contributed by atoms with Gasteiger partial charge in [0.2, 0.25) is 0 Å². The summed E-state index contributed by atoms with van der Waals surface area (Å²) in [7, 11) is 0. The lowest BCUT2D eigenvalue weighted by atomic mass is 10.3. The number of hydrogen-bond donors (Lipinski definition) is 1. The molecule has 13 heteroatoms. The maximum atomic E-state index is 12.2. The van der Waals surface area contributed by atoms with E-state index in [4.69, 9.17) is 9.15 Å². The van der Waals surface area contributed by atoms with E-state index in [-0.39, 0.29) is 24.5 Å². The van der Waals surface area contributed by atoms with E-state index in [2.05, 4.69) is 15.2 Å². The number of carbonyl (C=O) groups excluding carboxylic acids is 2. The van der Waals surface area contributed by atoms with E-state index in [0.29, 0.717) is 4.88 Å². The highest BCUT2D eigenvalue weighted by atomic mass is 32.1. The van der Waals surface area contributed by atoms with E-state index < -0.39 is 35.8 Å². The fourth-order valence-electron chi connectivity index (χ4n) is 2.44. The number of rotatable bonds is 8. The second kappa shape index (κ2) is 9.68. The Bertz CT molecular complexity index is 1120. The number of anilines is 1. The van der Waals surface area contributed by atoms with Crippen molar-refractivity contribution in [3.05, 3.63) is 52.3 Å². The number of nitrogens with one attached hydrogen (secondary N) is 1. The SMILES string of the molecule is CC(OC(=O)CCn1nc(-c2cccs2)oc1=O)C(=O)Nc1ccc(OC(F)(F)F)cc1. The molecule has 170 valence electrons. The Morgan fingerprint density at radius 3 is 2.59 bits per heavy atom. The molecule has 32 heavy (non-hydrogen) atoms. The molecule has 0 spiro atoms. The first-order valence-electron chi connectivity index (χ1n) is 9.09. The number of ether oxygens (including phenoxy) is 2. The lowest BCUT2D eigenvalue weighted by Crippen LogP contribution is -2.30. The minimum atomic E-state index is -4.82. The number of esters is 1. The second-order valence-electron chi connectivity index (χ2n) is 6.32. The number of aromatic nitrogens is 2. The standard InChI is InChI=1S/C19H16F3N3O6S/c1-11(16(27)23-12-4-6-13(7-5-12)31-19(20,21)22)29-15(26)8-9-25-18(28)30-17(24-25)14-3-2-10-32-14/h2-7,10-11H,8-9H2,1H3,(H,23,27). The van der Waals surface area contributed by atoms with Gasteiger partial charge in [0.1, 0.15) is 5.75 Å². The van der Waals surface area contributed by atoms with Crippen LogP contribution in [-0.2, 0) is 20.9 Å². The predicted molar refractivity (Wildman–Crippen MR) is 106 cm³/mol. The van der Waals surface area contributed by atoms with Crippen LogP contribution in [0.1, 0.15) is 13.3 Å². The zero-order valence-corrected chi connectivity index (χ0v) is 17.2. The van der Waals surface area contributed by atoms with Crippen LogP contribution in [0.2, 0.25) is 0 Å². The summed E-state index contributed by atoms with van der Waals surface area (Å²) in [5, 5.41) is 8.20. The number of hydrogen-bond acceptors (Lipinski definition) is 8. The van der Waals surface area contributed by atoms with Crippen molar-refractivity contribution in [2.75, 3.05) is 5.32 Å². The van der Waals surface area contributed by atoms with Crippen LogP contribution in [0.5, 0.6) is 5.75 Å². The van der Waals surface area contributed by atoms with E-state index in [1.54, 1.807) is 17.5 Å². The summed E-state index contributed by atoms with van der Waals surface area (Å²) in [6, 6.07) is 7.96. The Labute approximate surface area is 182 Å². The number of aryl methyl sites for hydroxylation is 1. The molecule has 2 aromatic heterocycles. The Morgan fingerprint density at radius 1 is 1.25 bits per heavy atom. The van der Waals surface area contributed by atoms with Crippen LogP contribution < -0.4 is 15.8 Å². The van der Waals surface area contributed by atoms with E-state index in [1.165, 1.54) is 30.4 Å². The average Bonchev–Trinajstić information content (AvgIpc) is 3.36. The average molecular weight is 471 g/mol. The van der Waals surface area contributed by atoms with Gasteiger partial charge in [-0.2, -0.15) is 4.68 Å². The van der Waals surface area contributed by atoms with Crippen molar-refractivity contribution in [2.45, 2.75) is 32.4 Å². The van der Waals surface area contributed by atoms with Gasteiger partial charge >= 0.3 is 18.1 Å². The Kier molecular flexibility index (Phi) is 6.98. The van der Waals surface area contributed by atoms with Gasteiger partial charge in [-0.05, 0) is 42.6 Å². The zero-order chi connectivity index (χ0) is 23.3. The minimum Gasteiger partial charge on any atom is -0.452 e. The highest BCUT2D eigenvalue weighted by molar-refractivity contribution is 7.13. The molecule has 1 N–H and O–H groups in total. The number of carbonyl (C=O) groups is 2. The number of alkyl halides is 3. The Hall–Kier alpha value is -3.61. The molecule has 1 aromatic carbocycles. The van der Waals surface area contributed by atoms with Gasteiger partial charge in [0.05, 0.1) is 17.8 Å². The highest BCUT2D eigenvalue weighted by Gasteiger charge is 2.31. The molecule has 0 saturated carbocycles. The lowest BCUT2D eigenvalue weighted by Gasteiger charge is -2.14. The number of halogens is 3. The Balaban J connectivity index is 1.48. The number of benzene rings is 1. The summed E-state index contributed by atoms with van der Waals surface area (Å²) in [5.74, 6) is -2.49. The number of thiophene rings is 1. The molecule has 9 nitrogen and oxygen atoms in total. The molecule has 1 amide bonds. The molecule has 0 aliphatic heterocycles. The quantitative estimate of drug-likeness (QED) is 0.501. The van der Waals surface area contributed by atoms with E-state index in [1.807, 2.05) is 0 Å². The molecule has 0 aliphatic rings.